The van der Waals surface area contributed by atoms with Crippen LogP contribution in [0.1, 0.15) is 43.1 Å². The Labute approximate surface area is 151 Å². The van der Waals surface area contributed by atoms with Crippen molar-refractivity contribution in [2.24, 2.45) is 0 Å². The van der Waals surface area contributed by atoms with Gasteiger partial charge in [-0.25, -0.2) is 0 Å². The van der Waals surface area contributed by atoms with Crippen molar-refractivity contribution in [2.75, 3.05) is 13.6 Å². The average Bonchev–Trinajstić information content (AvgIpc) is 2.91. The van der Waals surface area contributed by atoms with Gasteiger partial charge in [-0.15, -0.1) is 0 Å². The lowest BCUT2D eigenvalue weighted by atomic mass is 10.1. The van der Waals surface area contributed by atoms with Crippen LogP contribution < -0.4 is 0 Å². The highest BCUT2D eigenvalue weighted by atomic mass is 16.2. The van der Waals surface area contributed by atoms with Gasteiger partial charge in [0.1, 0.15) is 0 Å². The molecule has 3 amide bonds. The summed E-state index contributed by atoms with van der Waals surface area (Å²) < 4.78 is 0. The van der Waals surface area contributed by atoms with Crippen LogP contribution in [-0.2, 0) is 6.54 Å². The summed E-state index contributed by atoms with van der Waals surface area (Å²) in [5, 5.41) is 8.60. The van der Waals surface area contributed by atoms with Gasteiger partial charge in [0, 0.05) is 19.2 Å². The Bertz CT molecular complexity index is 878. The summed E-state index contributed by atoms with van der Waals surface area (Å²) in [6, 6.07) is 15.6. The lowest BCUT2D eigenvalue weighted by Gasteiger charge is -2.16. The van der Waals surface area contributed by atoms with E-state index in [1.807, 2.05) is 6.07 Å². The Kier molecular flexibility index (Phi) is 4.81. The molecule has 0 unspecified atom stereocenters. The van der Waals surface area contributed by atoms with E-state index in [2.05, 4.69) is 0 Å². The highest BCUT2D eigenvalue weighted by Crippen LogP contribution is 2.24. The van der Waals surface area contributed by atoms with E-state index in [9.17, 15) is 14.4 Å². The number of imide groups is 1. The van der Waals surface area contributed by atoms with Gasteiger partial charge >= 0.3 is 0 Å². The normalized spacial score (nSPS) is 12.7. The minimum Gasteiger partial charge on any atom is -0.341 e. The Balaban J connectivity index is 1.71. The van der Waals surface area contributed by atoms with Crippen LogP contribution in [0.25, 0.3) is 0 Å². The number of rotatable bonds is 5. The predicted molar refractivity (Wildman–Crippen MR) is 94.3 cm³/mol. The van der Waals surface area contributed by atoms with Crippen molar-refractivity contribution in [2.45, 2.75) is 13.0 Å². The Hall–Kier alpha value is -3.46. The molecule has 0 aromatic heterocycles. The summed E-state index contributed by atoms with van der Waals surface area (Å²) in [7, 11) is 1.65. The summed E-state index contributed by atoms with van der Waals surface area (Å²) in [6.45, 7) is 0.525. The van der Waals surface area contributed by atoms with Crippen molar-refractivity contribution < 1.29 is 14.4 Å². The lowest BCUT2D eigenvalue weighted by molar-refractivity contribution is 0.0641. The number of nitrogens with zero attached hydrogens (tertiary/aromatic N) is 3. The third-order valence-corrected chi connectivity index (χ3v) is 4.33. The minimum absolute atomic E-state index is 0.158. The Morgan fingerprint density at radius 3 is 2.15 bits per heavy atom. The monoisotopic (exact) mass is 347 g/mol. The fraction of sp³-hybridized carbons (Fsp3) is 0.200. The van der Waals surface area contributed by atoms with E-state index in [4.69, 9.17) is 5.26 Å². The molecule has 0 saturated heterocycles. The molecule has 0 N–H and O–H groups in total. The van der Waals surface area contributed by atoms with E-state index in [0.717, 1.165) is 5.56 Å². The van der Waals surface area contributed by atoms with Gasteiger partial charge in [0.05, 0.1) is 30.2 Å². The van der Waals surface area contributed by atoms with Gasteiger partial charge < -0.3 is 4.90 Å². The molecule has 0 saturated carbocycles. The Morgan fingerprint density at radius 2 is 1.62 bits per heavy atom. The van der Waals surface area contributed by atoms with Gasteiger partial charge in [0.15, 0.2) is 0 Å². The predicted octanol–water partition coefficient (Wildman–Crippen LogP) is 2.47. The van der Waals surface area contributed by atoms with Crippen LogP contribution in [0.4, 0.5) is 0 Å². The first-order valence-electron chi connectivity index (χ1n) is 8.19. The van der Waals surface area contributed by atoms with Crippen molar-refractivity contribution in [1.29, 1.82) is 5.26 Å². The van der Waals surface area contributed by atoms with Gasteiger partial charge in [-0.1, -0.05) is 24.3 Å². The van der Waals surface area contributed by atoms with E-state index < -0.39 is 0 Å². The van der Waals surface area contributed by atoms with E-state index >= 15 is 0 Å². The highest BCUT2D eigenvalue weighted by Gasteiger charge is 2.34. The molecular weight excluding hydrogens is 330 g/mol. The SMILES string of the molecule is CN(CCC#N)C(=O)c1ccc(CN2C(=O)c3ccccc3C2=O)cc1. The molecule has 1 heterocycles. The summed E-state index contributed by atoms with van der Waals surface area (Å²) in [6.07, 6.45) is 0.278. The molecule has 0 bridgehead atoms. The highest BCUT2D eigenvalue weighted by molar-refractivity contribution is 6.21. The number of nitriles is 1. The van der Waals surface area contributed by atoms with Gasteiger partial charge in [-0.05, 0) is 29.8 Å². The van der Waals surface area contributed by atoms with Crippen molar-refractivity contribution in [3.8, 4) is 6.07 Å². The van der Waals surface area contributed by atoms with Crippen LogP contribution in [0.2, 0.25) is 0 Å². The lowest BCUT2D eigenvalue weighted by Crippen LogP contribution is -2.29. The number of amides is 3. The summed E-state index contributed by atoms with van der Waals surface area (Å²) in [5.41, 5.74) is 2.10. The maximum Gasteiger partial charge on any atom is 0.261 e. The first-order valence-corrected chi connectivity index (χ1v) is 8.19. The second-order valence-electron chi connectivity index (χ2n) is 6.07. The van der Waals surface area contributed by atoms with Crippen LogP contribution in [0, 0.1) is 11.3 Å². The molecule has 0 spiro atoms. The minimum atomic E-state index is -0.304. The van der Waals surface area contributed by atoms with Crippen LogP contribution >= 0.6 is 0 Å². The molecule has 130 valence electrons. The molecule has 0 fully saturated rings. The first-order chi connectivity index (χ1) is 12.5. The number of carbonyl (C=O) groups excluding carboxylic acids is 3. The van der Waals surface area contributed by atoms with Crippen molar-refractivity contribution >= 4 is 17.7 Å². The van der Waals surface area contributed by atoms with Gasteiger partial charge in [0.2, 0.25) is 0 Å². The molecule has 2 aromatic carbocycles. The van der Waals surface area contributed by atoms with E-state index in [-0.39, 0.29) is 30.7 Å². The number of benzene rings is 2. The van der Waals surface area contributed by atoms with Gasteiger partial charge in [0.25, 0.3) is 17.7 Å². The molecule has 3 rings (SSSR count). The van der Waals surface area contributed by atoms with Gasteiger partial charge in [-0.3, -0.25) is 19.3 Å². The second kappa shape index (κ2) is 7.19. The van der Waals surface area contributed by atoms with Crippen LogP contribution in [0.5, 0.6) is 0 Å². The molecule has 0 aliphatic carbocycles. The van der Waals surface area contributed by atoms with Crippen molar-refractivity contribution in [1.82, 2.24) is 9.80 Å². The molecular formula is C20H17N3O3. The van der Waals surface area contributed by atoms with Crippen molar-refractivity contribution in [3.05, 3.63) is 70.8 Å². The standard InChI is InChI=1S/C20H17N3O3/c1-22(12-4-11-21)18(24)15-9-7-14(8-10-15)13-23-19(25)16-5-2-3-6-17(16)20(23)26/h2-3,5-10H,4,12-13H2,1H3. The molecule has 2 aromatic rings. The number of hydrogen-bond donors (Lipinski definition) is 0. The molecule has 6 heteroatoms. The van der Waals surface area contributed by atoms with Gasteiger partial charge in [-0.2, -0.15) is 5.26 Å². The second-order valence-corrected chi connectivity index (χ2v) is 6.07. The first kappa shape index (κ1) is 17.4. The molecule has 0 atom stereocenters. The molecule has 0 radical (unpaired) electrons. The van der Waals surface area contributed by atoms with Crippen LogP contribution in [0.3, 0.4) is 0 Å². The smallest absolute Gasteiger partial charge is 0.261 e. The maximum absolute atomic E-state index is 12.4. The molecule has 1 aliphatic heterocycles. The molecule has 6 nitrogen and oxygen atoms in total. The third-order valence-electron chi connectivity index (χ3n) is 4.33. The zero-order chi connectivity index (χ0) is 18.7. The maximum atomic E-state index is 12.4. The fourth-order valence-electron chi connectivity index (χ4n) is 2.86. The quantitative estimate of drug-likeness (QED) is 0.778. The zero-order valence-electron chi connectivity index (χ0n) is 14.3. The number of hydrogen-bond acceptors (Lipinski definition) is 4. The number of carbonyl (C=O) groups is 3. The fourth-order valence-corrected chi connectivity index (χ4v) is 2.86. The van der Waals surface area contributed by atoms with E-state index in [1.54, 1.807) is 55.6 Å². The summed E-state index contributed by atoms with van der Waals surface area (Å²) in [5.74, 6) is -0.781. The number of fused-ring (bicyclic) bond motifs is 1. The molecule has 1 aliphatic rings. The topological polar surface area (TPSA) is 81.5 Å². The van der Waals surface area contributed by atoms with E-state index in [1.165, 1.54) is 9.80 Å². The Morgan fingerprint density at radius 1 is 1.04 bits per heavy atom. The van der Waals surface area contributed by atoms with Crippen LogP contribution in [-0.4, -0.2) is 41.1 Å². The van der Waals surface area contributed by atoms with E-state index in [0.29, 0.717) is 23.2 Å². The third kappa shape index (κ3) is 3.20. The zero-order valence-corrected chi connectivity index (χ0v) is 14.3. The summed E-state index contributed by atoms with van der Waals surface area (Å²) in [4.78, 5) is 39.7. The molecule has 26 heavy (non-hydrogen) atoms. The van der Waals surface area contributed by atoms with Crippen molar-refractivity contribution in [3.63, 3.8) is 0 Å². The summed E-state index contributed by atoms with van der Waals surface area (Å²) >= 11 is 0. The average molecular weight is 347 g/mol. The largest absolute Gasteiger partial charge is 0.341 e. The van der Waals surface area contributed by atoms with Crippen LogP contribution in [0.15, 0.2) is 48.5 Å².